The van der Waals surface area contributed by atoms with Crippen molar-refractivity contribution in [3.8, 4) is 0 Å². The van der Waals surface area contributed by atoms with Gasteiger partial charge in [0.2, 0.25) is 0 Å². The zero-order valence-electron chi connectivity index (χ0n) is 13.6. The second kappa shape index (κ2) is 6.41. The van der Waals surface area contributed by atoms with E-state index in [0.717, 1.165) is 43.6 Å². The lowest BCUT2D eigenvalue weighted by molar-refractivity contribution is -0.146. The smallest absolute Gasteiger partial charge is 0.377 e. The van der Waals surface area contributed by atoms with E-state index in [0.29, 0.717) is 25.0 Å². The molecular formula is C15H19F3N6O. The number of hydrogen-bond donors (Lipinski definition) is 0. The third-order valence-corrected chi connectivity index (χ3v) is 4.68. The molecule has 0 spiro atoms. The number of piperazine rings is 1. The summed E-state index contributed by atoms with van der Waals surface area (Å²) in [4.78, 5) is 4.33. The number of rotatable bonds is 3. The number of anilines is 1. The minimum Gasteiger partial charge on any atom is -0.377 e. The second-order valence-corrected chi connectivity index (χ2v) is 6.41. The van der Waals surface area contributed by atoms with E-state index in [2.05, 4.69) is 20.2 Å². The Morgan fingerprint density at radius 3 is 2.60 bits per heavy atom. The predicted molar refractivity (Wildman–Crippen MR) is 83.4 cm³/mol. The third-order valence-electron chi connectivity index (χ3n) is 4.68. The molecule has 2 aromatic rings. The molecule has 2 fully saturated rings. The molecule has 2 aliphatic rings. The zero-order chi connectivity index (χ0) is 17.4. The monoisotopic (exact) mass is 356 g/mol. The molecule has 4 rings (SSSR count). The van der Waals surface area contributed by atoms with Crippen LogP contribution in [0.1, 0.15) is 18.7 Å². The first-order valence-electron chi connectivity index (χ1n) is 8.39. The van der Waals surface area contributed by atoms with E-state index < -0.39 is 12.0 Å². The maximum Gasteiger partial charge on any atom is 0.453 e. The molecule has 25 heavy (non-hydrogen) atoms. The maximum atomic E-state index is 13.0. The first-order valence-corrected chi connectivity index (χ1v) is 8.39. The highest BCUT2D eigenvalue weighted by molar-refractivity contribution is 5.46. The number of hydrogen-bond acceptors (Lipinski definition) is 6. The number of fused-ring (bicyclic) bond motifs is 1. The van der Waals surface area contributed by atoms with E-state index in [1.165, 1.54) is 6.07 Å². The van der Waals surface area contributed by atoms with Gasteiger partial charge in [-0.25, -0.2) is 0 Å². The summed E-state index contributed by atoms with van der Waals surface area (Å²) in [5, 5.41) is 10.8. The molecule has 2 aliphatic heterocycles. The summed E-state index contributed by atoms with van der Waals surface area (Å²) in [6.07, 6.45) is -2.04. The van der Waals surface area contributed by atoms with Gasteiger partial charge in [0, 0.05) is 39.3 Å². The van der Waals surface area contributed by atoms with Gasteiger partial charge in [0.15, 0.2) is 5.65 Å². The number of halogens is 3. The highest BCUT2D eigenvalue weighted by Crippen LogP contribution is 2.28. The van der Waals surface area contributed by atoms with Crippen molar-refractivity contribution in [2.24, 2.45) is 0 Å². The van der Waals surface area contributed by atoms with Crippen molar-refractivity contribution in [3.63, 3.8) is 0 Å². The highest BCUT2D eigenvalue weighted by Gasteiger charge is 2.38. The van der Waals surface area contributed by atoms with Crippen molar-refractivity contribution in [2.75, 3.05) is 44.2 Å². The highest BCUT2D eigenvalue weighted by atomic mass is 19.4. The normalized spacial score (nSPS) is 22.8. The Morgan fingerprint density at radius 2 is 1.92 bits per heavy atom. The average molecular weight is 356 g/mol. The SMILES string of the molecule is FC(F)(F)c1nnc2ccc(N3CCN(CC4CCCO4)CC3)nn12. The number of ether oxygens (including phenoxy) is 1. The second-order valence-electron chi connectivity index (χ2n) is 6.41. The Hall–Kier alpha value is -1.94. The van der Waals surface area contributed by atoms with Gasteiger partial charge in [0.1, 0.15) is 5.82 Å². The van der Waals surface area contributed by atoms with Gasteiger partial charge in [0.25, 0.3) is 5.82 Å². The molecule has 10 heteroatoms. The van der Waals surface area contributed by atoms with Crippen LogP contribution in [0.25, 0.3) is 5.65 Å². The molecule has 2 aromatic heterocycles. The fourth-order valence-electron chi connectivity index (χ4n) is 3.36. The third kappa shape index (κ3) is 3.40. The van der Waals surface area contributed by atoms with Crippen LogP contribution in [0.4, 0.5) is 19.0 Å². The van der Waals surface area contributed by atoms with Gasteiger partial charge in [-0.2, -0.15) is 17.7 Å². The van der Waals surface area contributed by atoms with Crippen molar-refractivity contribution < 1.29 is 17.9 Å². The minimum absolute atomic E-state index is 0.0908. The van der Waals surface area contributed by atoms with Crippen LogP contribution in [0.15, 0.2) is 12.1 Å². The summed E-state index contributed by atoms with van der Waals surface area (Å²) in [5.41, 5.74) is 0.0908. The quantitative estimate of drug-likeness (QED) is 0.830. The summed E-state index contributed by atoms with van der Waals surface area (Å²) >= 11 is 0. The van der Waals surface area contributed by atoms with E-state index in [1.807, 2.05) is 4.90 Å². The molecule has 4 heterocycles. The van der Waals surface area contributed by atoms with Gasteiger partial charge in [-0.1, -0.05) is 0 Å². The van der Waals surface area contributed by atoms with Crippen LogP contribution >= 0.6 is 0 Å². The molecule has 0 amide bonds. The average Bonchev–Trinajstić information content (AvgIpc) is 3.23. The Labute approximate surface area is 142 Å². The van der Waals surface area contributed by atoms with Gasteiger partial charge in [0.05, 0.1) is 6.10 Å². The molecule has 7 nitrogen and oxygen atoms in total. The van der Waals surface area contributed by atoms with E-state index in [1.54, 1.807) is 6.07 Å². The summed E-state index contributed by atoms with van der Waals surface area (Å²) < 4.78 is 45.4. The molecule has 0 bridgehead atoms. The summed E-state index contributed by atoms with van der Waals surface area (Å²) in [6.45, 7) is 4.88. The van der Waals surface area contributed by atoms with Crippen LogP contribution in [0.5, 0.6) is 0 Å². The van der Waals surface area contributed by atoms with Gasteiger partial charge in [-0.15, -0.1) is 15.3 Å². The Morgan fingerprint density at radius 1 is 1.12 bits per heavy atom. The van der Waals surface area contributed by atoms with Gasteiger partial charge in [-0.3, -0.25) is 4.90 Å². The molecular weight excluding hydrogens is 337 g/mol. The standard InChI is InChI=1S/C15H19F3N6O/c16-15(17,18)14-20-19-12-3-4-13(21-24(12)14)23-7-5-22(6-8-23)10-11-2-1-9-25-11/h3-4,11H,1-2,5-10H2. The van der Waals surface area contributed by atoms with Crippen LogP contribution in [-0.4, -0.2) is 70.1 Å². The molecule has 0 saturated carbocycles. The molecule has 1 atom stereocenters. The van der Waals surface area contributed by atoms with Crippen molar-refractivity contribution in [1.29, 1.82) is 0 Å². The number of alkyl halides is 3. The van der Waals surface area contributed by atoms with Crippen LogP contribution in [0.3, 0.4) is 0 Å². The van der Waals surface area contributed by atoms with Crippen LogP contribution in [0.2, 0.25) is 0 Å². The topological polar surface area (TPSA) is 58.8 Å². The number of aromatic nitrogens is 4. The molecule has 0 aliphatic carbocycles. The molecule has 1 unspecified atom stereocenters. The van der Waals surface area contributed by atoms with Crippen molar-refractivity contribution in [1.82, 2.24) is 24.7 Å². The fraction of sp³-hybridized carbons (Fsp3) is 0.667. The van der Waals surface area contributed by atoms with E-state index >= 15 is 0 Å². The van der Waals surface area contributed by atoms with E-state index in [9.17, 15) is 13.2 Å². The summed E-state index contributed by atoms with van der Waals surface area (Å²) in [7, 11) is 0. The lowest BCUT2D eigenvalue weighted by Gasteiger charge is -2.36. The van der Waals surface area contributed by atoms with Crippen molar-refractivity contribution >= 4 is 11.5 Å². The van der Waals surface area contributed by atoms with Crippen LogP contribution in [0, 0.1) is 0 Å². The van der Waals surface area contributed by atoms with Crippen LogP contribution < -0.4 is 4.90 Å². The van der Waals surface area contributed by atoms with E-state index in [-0.39, 0.29) is 5.65 Å². The largest absolute Gasteiger partial charge is 0.453 e. The van der Waals surface area contributed by atoms with Gasteiger partial charge in [-0.05, 0) is 25.0 Å². The Balaban J connectivity index is 1.45. The zero-order valence-corrected chi connectivity index (χ0v) is 13.6. The summed E-state index contributed by atoms with van der Waals surface area (Å²) in [5.74, 6) is -0.587. The van der Waals surface area contributed by atoms with Crippen LogP contribution in [-0.2, 0) is 10.9 Å². The summed E-state index contributed by atoms with van der Waals surface area (Å²) in [6, 6.07) is 3.21. The molecule has 0 radical (unpaired) electrons. The Kier molecular flexibility index (Phi) is 4.24. The lowest BCUT2D eigenvalue weighted by atomic mass is 10.2. The van der Waals surface area contributed by atoms with Crippen molar-refractivity contribution in [3.05, 3.63) is 18.0 Å². The molecule has 0 N–H and O–H groups in total. The first kappa shape index (κ1) is 16.5. The lowest BCUT2D eigenvalue weighted by Crippen LogP contribution is -2.48. The molecule has 2 saturated heterocycles. The first-order chi connectivity index (χ1) is 12.0. The molecule has 136 valence electrons. The van der Waals surface area contributed by atoms with Crippen molar-refractivity contribution in [2.45, 2.75) is 25.1 Å². The maximum absolute atomic E-state index is 13.0. The number of nitrogens with zero attached hydrogens (tertiary/aromatic N) is 6. The van der Waals surface area contributed by atoms with Gasteiger partial charge < -0.3 is 9.64 Å². The fourth-order valence-corrected chi connectivity index (χ4v) is 3.36. The molecule has 0 aromatic carbocycles. The van der Waals surface area contributed by atoms with Gasteiger partial charge >= 0.3 is 6.18 Å². The predicted octanol–water partition coefficient (Wildman–Crippen LogP) is 1.44. The minimum atomic E-state index is -4.58. The Bertz CT molecular complexity index is 734. The van der Waals surface area contributed by atoms with E-state index in [4.69, 9.17) is 4.74 Å².